The molecule has 0 aromatic heterocycles. The summed E-state index contributed by atoms with van der Waals surface area (Å²) in [6, 6.07) is 9.68. The maximum Gasteiger partial charge on any atom is 0.213 e. The SMILES string of the molecule is CN=C(NCCCOc1ccccc1)NCCS(=O)(=O)NCC1CCC1. The van der Waals surface area contributed by atoms with Crippen molar-refractivity contribution in [1.82, 2.24) is 15.4 Å². The number of ether oxygens (including phenoxy) is 1. The molecule has 146 valence electrons. The Morgan fingerprint density at radius 1 is 1.19 bits per heavy atom. The van der Waals surface area contributed by atoms with E-state index < -0.39 is 10.0 Å². The van der Waals surface area contributed by atoms with Crippen LogP contribution in [0.1, 0.15) is 25.7 Å². The van der Waals surface area contributed by atoms with E-state index in [1.54, 1.807) is 7.05 Å². The molecule has 0 unspecified atom stereocenters. The van der Waals surface area contributed by atoms with Crippen molar-refractivity contribution in [2.45, 2.75) is 25.7 Å². The molecule has 26 heavy (non-hydrogen) atoms. The summed E-state index contributed by atoms with van der Waals surface area (Å²) in [5.41, 5.74) is 0. The molecule has 0 aliphatic heterocycles. The van der Waals surface area contributed by atoms with Gasteiger partial charge in [-0.05, 0) is 37.3 Å². The van der Waals surface area contributed by atoms with Gasteiger partial charge < -0.3 is 15.4 Å². The zero-order valence-corrected chi connectivity index (χ0v) is 16.2. The number of aliphatic imine (C=N–C) groups is 1. The second-order valence-corrected chi connectivity index (χ2v) is 8.33. The fourth-order valence-corrected chi connectivity index (χ4v) is 3.53. The third-order valence-corrected chi connectivity index (χ3v) is 5.68. The van der Waals surface area contributed by atoms with Crippen LogP contribution in [0.15, 0.2) is 35.3 Å². The summed E-state index contributed by atoms with van der Waals surface area (Å²) in [6.07, 6.45) is 4.29. The van der Waals surface area contributed by atoms with Gasteiger partial charge in [-0.25, -0.2) is 13.1 Å². The van der Waals surface area contributed by atoms with Crippen LogP contribution < -0.4 is 20.1 Å². The molecule has 1 aromatic carbocycles. The number of rotatable bonds is 11. The first-order valence-corrected chi connectivity index (χ1v) is 10.8. The lowest BCUT2D eigenvalue weighted by Crippen LogP contribution is -2.42. The fraction of sp³-hybridized carbons (Fsp3) is 0.611. The number of sulfonamides is 1. The van der Waals surface area contributed by atoms with Crippen LogP contribution in [0.25, 0.3) is 0 Å². The number of nitrogens with zero attached hydrogens (tertiary/aromatic N) is 1. The van der Waals surface area contributed by atoms with Gasteiger partial charge in [0.05, 0.1) is 12.4 Å². The molecule has 7 nitrogen and oxygen atoms in total. The first-order chi connectivity index (χ1) is 12.6. The monoisotopic (exact) mass is 382 g/mol. The molecule has 1 fully saturated rings. The van der Waals surface area contributed by atoms with Crippen LogP contribution in [0.5, 0.6) is 5.75 Å². The standard InChI is InChI=1S/C18H30N4O3S/c1-19-18(20-11-6-13-25-17-9-3-2-4-10-17)21-12-14-26(23,24)22-15-16-7-5-8-16/h2-4,9-10,16,22H,5-8,11-15H2,1H3,(H2,19,20,21). The van der Waals surface area contributed by atoms with E-state index in [1.165, 1.54) is 6.42 Å². The molecule has 0 bridgehead atoms. The first kappa shape index (κ1) is 20.5. The van der Waals surface area contributed by atoms with E-state index in [0.717, 1.165) is 25.0 Å². The van der Waals surface area contributed by atoms with Crippen LogP contribution in [0.4, 0.5) is 0 Å². The van der Waals surface area contributed by atoms with E-state index in [0.29, 0.717) is 38.1 Å². The molecule has 0 amide bonds. The van der Waals surface area contributed by atoms with Crippen LogP contribution in [0, 0.1) is 5.92 Å². The Labute approximate surface area is 156 Å². The van der Waals surface area contributed by atoms with E-state index >= 15 is 0 Å². The molecular formula is C18H30N4O3S. The van der Waals surface area contributed by atoms with Gasteiger partial charge in [0.15, 0.2) is 5.96 Å². The highest BCUT2D eigenvalue weighted by atomic mass is 32.2. The summed E-state index contributed by atoms with van der Waals surface area (Å²) in [4.78, 5) is 4.10. The molecule has 0 heterocycles. The quantitative estimate of drug-likeness (QED) is 0.305. The van der Waals surface area contributed by atoms with Gasteiger partial charge in [0.2, 0.25) is 10.0 Å². The Bertz CT molecular complexity index is 646. The Kier molecular flexibility index (Phi) is 8.70. The minimum atomic E-state index is -3.23. The Hall–Kier alpha value is -1.80. The average molecular weight is 383 g/mol. The average Bonchev–Trinajstić information content (AvgIpc) is 2.59. The van der Waals surface area contributed by atoms with Gasteiger partial charge in [-0.2, -0.15) is 0 Å². The fourth-order valence-electron chi connectivity index (χ4n) is 2.52. The van der Waals surface area contributed by atoms with Crippen molar-refractivity contribution in [3.05, 3.63) is 30.3 Å². The highest BCUT2D eigenvalue weighted by Crippen LogP contribution is 2.25. The minimum absolute atomic E-state index is 0.0392. The smallest absolute Gasteiger partial charge is 0.213 e. The lowest BCUT2D eigenvalue weighted by Gasteiger charge is -2.25. The van der Waals surface area contributed by atoms with E-state index in [1.807, 2.05) is 30.3 Å². The number of benzene rings is 1. The summed E-state index contributed by atoms with van der Waals surface area (Å²) in [7, 11) is -1.57. The molecule has 3 N–H and O–H groups in total. The second kappa shape index (κ2) is 11.0. The first-order valence-electron chi connectivity index (χ1n) is 9.19. The van der Waals surface area contributed by atoms with Crippen molar-refractivity contribution >= 4 is 16.0 Å². The molecule has 1 aromatic rings. The predicted octanol–water partition coefficient (Wildman–Crippen LogP) is 1.34. The molecule has 8 heteroatoms. The molecule has 0 atom stereocenters. The Morgan fingerprint density at radius 2 is 1.92 bits per heavy atom. The summed E-state index contributed by atoms with van der Waals surface area (Å²) in [5.74, 6) is 2.01. The number of hydrogen-bond donors (Lipinski definition) is 3. The molecule has 2 rings (SSSR count). The van der Waals surface area contributed by atoms with E-state index in [-0.39, 0.29) is 5.75 Å². The van der Waals surface area contributed by atoms with Crippen molar-refractivity contribution in [2.24, 2.45) is 10.9 Å². The molecular weight excluding hydrogens is 352 g/mol. The van der Waals surface area contributed by atoms with Gasteiger partial charge in [-0.3, -0.25) is 4.99 Å². The molecule has 1 aliphatic carbocycles. The number of para-hydroxylation sites is 1. The lowest BCUT2D eigenvalue weighted by atomic mass is 9.86. The summed E-state index contributed by atoms with van der Waals surface area (Å²) < 4.78 is 32.2. The highest BCUT2D eigenvalue weighted by Gasteiger charge is 2.19. The van der Waals surface area contributed by atoms with Crippen LogP contribution in [0.3, 0.4) is 0 Å². The van der Waals surface area contributed by atoms with Gasteiger partial charge in [-0.1, -0.05) is 24.6 Å². The van der Waals surface area contributed by atoms with E-state index in [2.05, 4.69) is 20.3 Å². The number of hydrogen-bond acceptors (Lipinski definition) is 4. The third kappa shape index (κ3) is 8.05. The zero-order valence-electron chi connectivity index (χ0n) is 15.4. The molecule has 1 saturated carbocycles. The van der Waals surface area contributed by atoms with Gasteiger partial charge in [0.1, 0.15) is 5.75 Å². The molecule has 0 spiro atoms. The largest absolute Gasteiger partial charge is 0.494 e. The summed E-state index contributed by atoms with van der Waals surface area (Å²) in [6.45, 7) is 2.18. The van der Waals surface area contributed by atoms with Crippen molar-refractivity contribution < 1.29 is 13.2 Å². The Balaban J connectivity index is 1.54. The molecule has 0 radical (unpaired) electrons. The minimum Gasteiger partial charge on any atom is -0.494 e. The van der Waals surface area contributed by atoms with Crippen LogP contribution in [-0.4, -0.2) is 53.4 Å². The van der Waals surface area contributed by atoms with Crippen molar-refractivity contribution in [3.63, 3.8) is 0 Å². The molecule has 0 saturated heterocycles. The topological polar surface area (TPSA) is 91.8 Å². The highest BCUT2D eigenvalue weighted by molar-refractivity contribution is 7.89. The number of guanidine groups is 1. The second-order valence-electron chi connectivity index (χ2n) is 6.41. The van der Waals surface area contributed by atoms with Crippen molar-refractivity contribution in [3.8, 4) is 5.75 Å². The summed E-state index contributed by atoms with van der Waals surface area (Å²) in [5, 5.41) is 6.18. The van der Waals surface area contributed by atoms with Gasteiger partial charge in [0.25, 0.3) is 0 Å². The van der Waals surface area contributed by atoms with Gasteiger partial charge >= 0.3 is 0 Å². The van der Waals surface area contributed by atoms with Crippen LogP contribution in [0.2, 0.25) is 0 Å². The molecule has 1 aliphatic rings. The van der Waals surface area contributed by atoms with Gasteiger partial charge in [-0.15, -0.1) is 0 Å². The Morgan fingerprint density at radius 3 is 2.58 bits per heavy atom. The van der Waals surface area contributed by atoms with Crippen LogP contribution >= 0.6 is 0 Å². The third-order valence-electron chi connectivity index (χ3n) is 4.33. The van der Waals surface area contributed by atoms with Gasteiger partial charge in [0, 0.05) is 26.7 Å². The van der Waals surface area contributed by atoms with E-state index in [9.17, 15) is 8.42 Å². The zero-order chi connectivity index (χ0) is 18.7. The van der Waals surface area contributed by atoms with Crippen LogP contribution in [-0.2, 0) is 10.0 Å². The number of nitrogens with one attached hydrogen (secondary N) is 3. The maximum absolute atomic E-state index is 12.0. The predicted molar refractivity (Wildman–Crippen MR) is 105 cm³/mol. The summed E-state index contributed by atoms with van der Waals surface area (Å²) >= 11 is 0. The normalized spacial score (nSPS) is 15.3. The van der Waals surface area contributed by atoms with Crippen molar-refractivity contribution in [2.75, 3.05) is 39.0 Å². The van der Waals surface area contributed by atoms with E-state index in [4.69, 9.17) is 4.74 Å². The lowest BCUT2D eigenvalue weighted by molar-refractivity contribution is 0.311. The maximum atomic E-state index is 12.0. The van der Waals surface area contributed by atoms with Crippen molar-refractivity contribution in [1.29, 1.82) is 0 Å².